The van der Waals surface area contributed by atoms with E-state index in [0.29, 0.717) is 31.5 Å². The molecular weight excluding hydrogens is 300 g/mol. The Hall–Kier alpha value is -1.39. The summed E-state index contributed by atoms with van der Waals surface area (Å²) in [6.07, 6.45) is 3.86. The SMILES string of the molecule is CCC(CC)(CN)C(=O)Nc1ccc2c(c1)C(=O)CCC2.Cl. The Labute approximate surface area is 138 Å². The highest BCUT2D eigenvalue weighted by Gasteiger charge is 2.33. The minimum Gasteiger partial charge on any atom is -0.329 e. The van der Waals surface area contributed by atoms with Gasteiger partial charge in [-0.1, -0.05) is 19.9 Å². The predicted octanol–water partition coefficient (Wildman–Crippen LogP) is 3.33. The maximum atomic E-state index is 12.5. The van der Waals surface area contributed by atoms with Crippen molar-refractivity contribution in [2.75, 3.05) is 11.9 Å². The standard InChI is InChI=1S/C17H24N2O2.ClH/c1-3-17(4-2,11-18)16(21)19-13-9-8-12-6-5-7-15(20)14(12)10-13;/h8-10H,3-7,11,18H2,1-2H3,(H,19,21);1H. The quantitative estimate of drug-likeness (QED) is 0.872. The van der Waals surface area contributed by atoms with Crippen molar-refractivity contribution in [3.8, 4) is 0 Å². The number of nitrogens with two attached hydrogens (primary N) is 1. The first-order valence-corrected chi connectivity index (χ1v) is 7.74. The van der Waals surface area contributed by atoms with Crippen LogP contribution < -0.4 is 11.1 Å². The van der Waals surface area contributed by atoms with Gasteiger partial charge >= 0.3 is 0 Å². The number of halogens is 1. The van der Waals surface area contributed by atoms with Gasteiger partial charge in [-0.3, -0.25) is 9.59 Å². The zero-order valence-electron chi connectivity index (χ0n) is 13.3. The molecule has 3 N–H and O–H groups in total. The van der Waals surface area contributed by atoms with E-state index >= 15 is 0 Å². The Bertz CT molecular complexity index is 545. The second-order valence-corrected chi connectivity index (χ2v) is 5.79. The molecule has 0 saturated heterocycles. The summed E-state index contributed by atoms with van der Waals surface area (Å²) in [5.41, 5.74) is 7.80. The molecule has 0 bridgehead atoms. The van der Waals surface area contributed by atoms with Crippen LogP contribution in [-0.4, -0.2) is 18.2 Å². The number of Topliss-reactive ketones (excluding diaryl/α,β-unsaturated/α-hetero) is 1. The molecule has 1 aromatic carbocycles. The van der Waals surface area contributed by atoms with Crippen LogP contribution in [0.3, 0.4) is 0 Å². The molecule has 1 aliphatic rings. The van der Waals surface area contributed by atoms with Crippen LogP contribution in [0.5, 0.6) is 0 Å². The fraction of sp³-hybridized carbons (Fsp3) is 0.529. The monoisotopic (exact) mass is 324 g/mol. The first-order valence-electron chi connectivity index (χ1n) is 7.74. The minimum absolute atomic E-state index is 0. The number of carbonyl (C=O) groups excluding carboxylic acids is 2. The van der Waals surface area contributed by atoms with Crippen LogP contribution in [0.2, 0.25) is 0 Å². The topological polar surface area (TPSA) is 72.2 Å². The predicted molar refractivity (Wildman–Crippen MR) is 91.7 cm³/mol. The van der Waals surface area contributed by atoms with E-state index in [9.17, 15) is 9.59 Å². The number of anilines is 1. The third kappa shape index (κ3) is 3.50. The Morgan fingerprint density at radius 2 is 1.95 bits per heavy atom. The third-order valence-corrected chi connectivity index (χ3v) is 4.74. The number of ketones is 1. The normalized spacial score (nSPS) is 14.0. The number of nitrogens with one attached hydrogen (secondary N) is 1. The van der Waals surface area contributed by atoms with Crippen molar-refractivity contribution in [2.24, 2.45) is 11.1 Å². The summed E-state index contributed by atoms with van der Waals surface area (Å²) in [4.78, 5) is 24.5. The molecule has 0 radical (unpaired) electrons. The molecular formula is C17H25ClN2O2. The molecule has 1 aromatic rings. The highest BCUT2D eigenvalue weighted by Crippen LogP contribution is 2.29. The van der Waals surface area contributed by atoms with Gasteiger partial charge in [0.1, 0.15) is 0 Å². The number of aryl methyl sites for hydroxylation is 1. The minimum atomic E-state index is -0.528. The molecule has 0 unspecified atom stereocenters. The molecule has 5 heteroatoms. The van der Waals surface area contributed by atoms with Crippen LogP contribution >= 0.6 is 12.4 Å². The Morgan fingerprint density at radius 1 is 1.27 bits per heavy atom. The molecule has 2 rings (SSSR count). The smallest absolute Gasteiger partial charge is 0.231 e. The van der Waals surface area contributed by atoms with Crippen LogP contribution in [-0.2, 0) is 11.2 Å². The first-order chi connectivity index (χ1) is 10.1. The maximum Gasteiger partial charge on any atom is 0.231 e. The molecule has 0 aliphatic heterocycles. The van der Waals surface area contributed by atoms with Crippen molar-refractivity contribution in [3.63, 3.8) is 0 Å². The number of carbonyl (C=O) groups is 2. The Morgan fingerprint density at radius 3 is 2.55 bits per heavy atom. The Kier molecular flexibility index (Phi) is 6.57. The van der Waals surface area contributed by atoms with Crippen molar-refractivity contribution >= 4 is 29.8 Å². The van der Waals surface area contributed by atoms with E-state index in [2.05, 4.69) is 5.32 Å². The van der Waals surface area contributed by atoms with Gasteiger partial charge in [0.15, 0.2) is 5.78 Å². The number of hydrogen-bond donors (Lipinski definition) is 2. The molecule has 0 atom stereocenters. The average Bonchev–Trinajstić information content (AvgIpc) is 2.50. The van der Waals surface area contributed by atoms with Gasteiger partial charge in [-0.2, -0.15) is 0 Å². The van der Waals surface area contributed by atoms with E-state index < -0.39 is 5.41 Å². The molecule has 0 aromatic heterocycles. The van der Waals surface area contributed by atoms with E-state index in [0.717, 1.165) is 24.0 Å². The molecule has 0 saturated carbocycles. The number of rotatable bonds is 5. The molecule has 0 heterocycles. The highest BCUT2D eigenvalue weighted by molar-refractivity contribution is 6.01. The van der Waals surface area contributed by atoms with Crippen LogP contribution in [0.25, 0.3) is 0 Å². The van der Waals surface area contributed by atoms with Crippen LogP contribution in [0.4, 0.5) is 5.69 Å². The second kappa shape index (κ2) is 7.75. The summed E-state index contributed by atoms with van der Waals surface area (Å²) in [7, 11) is 0. The summed E-state index contributed by atoms with van der Waals surface area (Å²) < 4.78 is 0. The van der Waals surface area contributed by atoms with E-state index in [-0.39, 0.29) is 24.1 Å². The van der Waals surface area contributed by atoms with Gasteiger partial charge in [0.25, 0.3) is 0 Å². The molecule has 4 nitrogen and oxygen atoms in total. The lowest BCUT2D eigenvalue weighted by Gasteiger charge is -2.28. The van der Waals surface area contributed by atoms with Gasteiger partial charge in [0.05, 0.1) is 5.41 Å². The average molecular weight is 325 g/mol. The van der Waals surface area contributed by atoms with Gasteiger partial charge < -0.3 is 11.1 Å². The lowest BCUT2D eigenvalue weighted by molar-refractivity contribution is -0.125. The fourth-order valence-electron chi connectivity index (χ4n) is 2.92. The summed E-state index contributed by atoms with van der Waals surface area (Å²) in [5.74, 6) is 0.113. The third-order valence-electron chi connectivity index (χ3n) is 4.74. The van der Waals surface area contributed by atoms with E-state index in [1.165, 1.54) is 0 Å². The molecule has 0 fully saturated rings. The maximum absolute atomic E-state index is 12.5. The number of amides is 1. The zero-order chi connectivity index (χ0) is 15.5. The van der Waals surface area contributed by atoms with Gasteiger partial charge in [0, 0.05) is 24.2 Å². The number of hydrogen-bond acceptors (Lipinski definition) is 3. The number of benzene rings is 1. The van der Waals surface area contributed by atoms with Crippen molar-refractivity contribution < 1.29 is 9.59 Å². The summed E-state index contributed by atoms with van der Waals surface area (Å²) in [6, 6.07) is 5.63. The molecule has 122 valence electrons. The lowest BCUT2D eigenvalue weighted by Crippen LogP contribution is -2.41. The fourth-order valence-corrected chi connectivity index (χ4v) is 2.92. The van der Waals surface area contributed by atoms with E-state index in [1.807, 2.05) is 26.0 Å². The highest BCUT2D eigenvalue weighted by atomic mass is 35.5. The summed E-state index contributed by atoms with van der Waals surface area (Å²) in [5, 5.41) is 2.94. The van der Waals surface area contributed by atoms with Gasteiger partial charge in [0.2, 0.25) is 5.91 Å². The molecule has 1 amide bonds. The van der Waals surface area contributed by atoms with Crippen LogP contribution in [0, 0.1) is 5.41 Å². The van der Waals surface area contributed by atoms with E-state index in [1.54, 1.807) is 6.07 Å². The summed E-state index contributed by atoms with van der Waals surface area (Å²) >= 11 is 0. The van der Waals surface area contributed by atoms with Crippen molar-refractivity contribution in [1.29, 1.82) is 0 Å². The summed E-state index contributed by atoms with van der Waals surface area (Å²) in [6.45, 7) is 4.29. The van der Waals surface area contributed by atoms with E-state index in [4.69, 9.17) is 5.73 Å². The van der Waals surface area contributed by atoms with Crippen LogP contribution in [0.15, 0.2) is 18.2 Å². The zero-order valence-corrected chi connectivity index (χ0v) is 14.1. The second-order valence-electron chi connectivity index (χ2n) is 5.79. The Balaban J connectivity index is 0.00000242. The molecule has 1 aliphatic carbocycles. The largest absolute Gasteiger partial charge is 0.329 e. The van der Waals surface area contributed by atoms with Gasteiger partial charge in [-0.25, -0.2) is 0 Å². The van der Waals surface area contributed by atoms with Gasteiger partial charge in [-0.15, -0.1) is 12.4 Å². The van der Waals surface area contributed by atoms with Gasteiger partial charge in [-0.05, 0) is 43.4 Å². The molecule has 22 heavy (non-hydrogen) atoms. The van der Waals surface area contributed by atoms with Crippen molar-refractivity contribution in [3.05, 3.63) is 29.3 Å². The van der Waals surface area contributed by atoms with Crippen molar-refractivity contribution in [1.82, 2.24) is 0 Å². The first kappa shape index (κ1) is 18.7. The molecule has 0 spiro atoms. The van der Waals surface area contributed by atoms with Crippen molar-refractivity contribution in [2.45, 2.75) is 46.0 Å². The van der Waals surface area contributed by atoms with Crippen LogP contribution in [0.1, 0.15) is 55.5 Å². The number of fused-ring (bicyclic) bond motifs is 1. The lowest BCUT2D eigenvalue weighted by atomic mass is 9.81.